The Morgan fingerprint density at radius 1 is 1.07 bits per heavy atom. The van der Waals surface area contributed by atoms with Gasteiger partial charge in [-0.25, -0.2) is 0 Å². The fourth-order valence-corrected chi connectivity index (χ4v) is 2.14. The predicted molar refractivity (Wildman–Crippen MR) is 61.0 cm³/mol. The number of primary amides is 1. The van der Waals surface area contributed by atoms with Gasteiger partial charge >= 0.3 is 0 Å². The van der Waals surface area contributed by atoms with Gasteiger partial charge in [-0.1, -0.05) is 30.3 Å². The summed E-state index contributed by atoms with van der Waals surface area (Å²) < 4.78 is 0. The molecule has 1 amide bonds. The molecule has 1 aromatic rings. The second-order valence-electron chi connectivity index (χ2n) is 3.89. The number of nitrogens with two attached hydrogens (primary N) is 1. The maximum absolute atomic E-state index is 11.3. The first-order valence-electron chi connectivity index (χ1n) is 5.36. The second kappa shape index (κ2) is 4.30. The Labute approximate surface area is 89.8 Å². The number of carbonyl (C=O) groups is 1. The normalized spacial score (nSPS) is 16.5. The average molecular weight is 201 g/mol. The van der Waals surface area contributed by atoms with Gasteiger partial charge in [-0.15, -0.1) is 0 Å². The minimum atomic E-state index is -0.256. The third-order valence-electron chi connectivity index (χ3n) is 2.89. The quantitative estimate of drug-likeness (QED) is 0.784. The number of benzene rings is 1. The Morgan fingerprint density at radius 3 is 2.40 bits per heavy atom. The second-order valence-corrected chi connectivity index (χ2v) is 3.89. The van der Waals surface area contributed by atoms with Crippen LogP contribution in [0.4, 0.5) is 0 Å². The van der Waals surface area contributed by atoms with E-state index >= 15 is 0 Å². The summed E-state index contributed by atoms with van der Waals surface area (Å²) in [6.45, 7) is 0. The molecule has 1 aliphatic carbocycles. The fraction of sp³-hybridized carbons (Fsp3) is 0.308. The summed E-state index contributed by atoms with van der Waals surface area (Å²) in [5.74, 6) is -0.256. The predicted octanol–water partition coefficient (Wildman–Crippen LogP) is 2.50. The van der Waals surface area contributed by atoms with Crippen LogP contribution in [0.1, 0.15) is 31.2 Å². The molecule has 0 saturated heterocycles. The van der Waals surface area contributed by atoms with Gasteiger partial charge in [-0.3, -0.25) is 4.79 Å². The standard InChI is InChI=1S/C13H15NO/c14-13(15)12-9-5-4-8-11(12)10-6-2-1-3-7-10/h1-3,6-7H,4-5,8-9H2,(H2,14,15). The summed E-state index contributed by atoms with van der Waals surface area (Å²) in [6, 6.07) is 10.1. The van der Waals surface area contributed by atoms with Crippen LogP contribution in [0.5, 0.6) is 0 Å². The molecule has 2 heteroatoms. The summed E-state index contributed by atoms with van der Waals surface area (Å²) >= 11 is 0. The lowest BCUT2D eigenvalue weighted by Crippen LogP contribution is -2.17. The highest BCUT2D eigenvalue weighted by atomic mass is 16.1. The van der Waals surface area contributed by atoms with Crippen molar-refractivity contribution in [3.8, 4) is 0 Å². The molecular formula is C13H15NO. The molecule has 0 heterocycles. The van der Waals surface area contributed by atoms with E-state index in [9.17, 15) is 4.79 Å². The van der Waals surface area contributed by atoms with Crippen molar-refractivity contribution in [2.24, 2.45) is 5.73 Å². The van der Waals surface area contributed by atoms with E-state index in [0.717, 1.165) is 42.4 Å². The van der Waals surface area contributed by atoms with E-state index in [4.69, 9.17) is 5.73 Å². The highest BCUT2D eigenvalue weighted by Gasteiger charge is 2.17. The smallest absolute Gasteiger partial charge is 0.244 e. The van der Waals surface area contributed by atoms with E-state index in [0.29, 0.717) is 0 Å². The molecule has 0 unspecified atom stereocenters. The van der Waals surface area contributed by atoms with Gasteiger partial charge in [-0.2, -0.15) is 0 Å². The lowest BCUT2D eigenvalue weighted by atomic mass is 9.87. The van der Waals surface area contributed by atoms with Crippen LogP contribution in [-0.4, -0.2) is 5.91 Å². The molecule has 0 aliphatic heterocycles. The molecule has 2 rings (SSSR count). The van der Waals surface area contributed by atoms with Gasteiger partial charge in [-0.05, 0) is 36.8 Å². The van der Waals surface area contributed by atoms with Crippen molar-refractivity contribution < 1.29 is 4.79 Å². The zero-order valence-electron chi connectivity index (χ0n) is 8.70. The molecule has 0 fully saturated rings. The Kier molecular flexibility index (Phi) is 2.86. The van der Waals surface area contributed by atoms with Crippen molar-refractivity contribution in [2.45, 2.75) is 25.7 Å². The molecule has 0 bridgehead atoms. The first-order chi connectivity index (χ1) is 7.29. The zero-order valence-corrected chi connectivity index (χ0v) is 8.70. The molecule has 2 N–H and O–H groups in total. The van der Waals surface area contributed by atoms with E-state index in [-0.39, 0.29) is 5.91 Å². The lowest BCUT2D eigenvalue weighted by Gasteiger charge is -2.18. The van der Waals surface area contributed by atoms with Crippen molar-refractivity contribution in [2.75, 3.05) is 0 Å². The Morgan fingerprint density at radius 2 is 1.73 bits per heavy atom. The molecular weight excluding hydrogens is 186 g/mol. The van der Waals surface area contributed by atoms with E-state index < -0.39 is 0 Å². The third kappa shape index (κ3) is 2.09. The Bertz CT molecular complexity index is 392. The van der Waals surface area contributed by atoms with Crippen LogP contribution < -0.4 is 5.73 Å². The summed E-state index contributed by atoms with van der Waals surface area (Å²) in [5.41, 5.74) is 8.52. The third-order valence-corrected chi connectivity index (χ3v) is 2.89. The number of hydrogen-bond donors (Lipinski definition) is 1. The van der Waals surface area contributed by atoms with Gasteiger partial charge < -0.3 is 5.73 Å². The van der Waals surface area contributed by atoms with Crippen molar-refractivity contribution in [1.29, 1.82) is 0 Å². The van der Waals surface area contributed by atoms with Gasteiger partial charge in [0, 0.05) is 5.57 Å². The highest BCUT2D eigenvalue weighted by Crippen LogP contribution is 2.31. The van der Waals surface area contributed by atoms with Crippen molar-refractivity contribution in [1.82, 2.24) is 0 Å². The molecule has 1 aromatic carbocycles. The SMILES string of the molecule is NC(=O)C1=C(c2ccccc2)CCCC1. The first-order valence-corrected chi connectivity index (χ1v) is 5.36. The van der Waals surface area contributed by atoms with E-state index in [1.807, 2.05) is 30.3 Å². The van der Waals surface area contributed by atoms with E-state index in [1.165, 1.54) is 0 Å². The highest BCUT2D eigenvalue weighted by molar-refractivity contribution is 6.00. The van der Waals surface area contributed by atoms with Crippen LogP contribution in [0.2, 0.25) is 0 Å². The summed E-state index contributed by atoms with van der Waals surface area (Å²) in [7, 11) is 0. The number of hydrogen-bond acceptors (Lipinski definition) is 1. The van der Waals surface area contributed by atoms with Crippen LogP contribution in [0.25, 0.3) is 5.57 Å². The van der Waals surface area contributed by atoms with Crippen LogP contribution in [0.15, 0.2) is 35.9 Å². The maximum Gasteiger partial charge on any atom is 0.244 e. The topological polar surface area (TPSA) is 43.1 Å². The van der Waals surface area contributed by atoms with Crippen molar-refractivity contribution in [3.63, 3.8) is 0 Å². The minimum absolute atomic E-state index is 0.256. The van der Waals surface area contributed by atoms with Gasteiger partial charge in [0.15, 0.2) is 0 Å². The number of rotatable bonds is 2. The van der Waals surface area contributed by atoms with Crippen LogP contribution in [0.3, 0.4) is 0 Å². The number of allylic oxidation sites excluding steroid dienone is 1. The van der Waals surface area contributed by atoms with E-state index in [2.05, 4.69) is 0 Å². The molecule has 0 atom stereocenters. The average Bonchev–Trinajstić information content (AvgIpc) is 2.30. The Hall–Kier alpha value is -1.57. The molecule has 0 radical (unpaired) electrons. The molecule has 78 valence electrons. The minimum Gasteiger partial charge on any atom is -0.366 e. The number of amides is 1. The van der Waals surface area contributed by atoms with Gasteiger partial charge in [0.25, 0.3) is 0 Å². The molecule has 0 saturated carbocycles. The summed E-state index contributed by atoms with van der Waals surface area (Å²) in [4.78, 5) is 11.3. The molecule has 2 nitrogen and oxygen atoms in total. The molecule has 1 aliphatic rings. The molecule has 0 spiro atoms. The number of carbonyl (C=O) groups excluding carboxylic acids is 1. The van der Waals surface area contributed by atoms with Gasteiger partial charge in [0.1, 0.15) is 0 Å². The summed E-state index contributed by atoms with van der Waals surface area (Å²) in [6.07, 6.45) is 4.04. The van der Waals surface area contributed by atoms with Crippen LogP contribution in [-0.2, 0) is 4.79 Å². The lowest BCUT2D eigenvalue weighted by molar-refractivity contribution is -0.114. The zero-order chi connectivity index (χ0) is 10.7. The largest absolute Gasteiger partial charge is 0.366 e. The maximum atomic E-state index is 11.3. The molecule has 0 aromatic heterocycles. The van der Waals surface area contributed by atoms with Crippen molar-refractivity contribution >= 4 is 11.5 Å². The van der Waals surface area contributed by atoms with Gasteiger partial charge in [0.05, 0.1) is 0 Å². The first kappa shape index (κ1) is 9.97. The van der Waals surface area contributed by atoms with Crippen LogP contribution in [0, 0.1) is 0 Å². The Balaban J connectivity index is 2.44. The van der Waals surface area contributed by atoms with Gasteiger partial charge in [0.2, 0.25) is 5.91 Å². The monoisotopic (exact) mass is 201 g/mol. The molecule has 15 heavy (non-hydrogen) atoms. The summed E-state index contributed by atoms with van der Waals surface area (Å²) in [5, 5.41) is 0. The fourth-order valence-electron chi connectivity index (χ4n) is 2.14. The van der Waals surface area contributed by atoms with Crippen molar-refractivity contribution in [3.05, 3.63) is 41.5 Å². The van der Waals surface area contributed by atoms with Crippen LogP contribution >= 0.6 is 0 Å². The van der Waals surface area contributed by atoms with E-state index in [1.54, 1.807) is 0 Å².